The maximum atomic E-state index is 13.7. The summed E-state index contributed by atoms with van der Waals surface area (Å²) >= 11 is 0. The van der Waals surface area contributed by atoms with Crippen LogP contribution in [0.2, 0.25) is 0 Å². The first-order valence-corrected chi connectivity index (χ1v) is 11.8. The van der Waals surface area contributed by atoms with Crippen molar-refractivity contribution in [1.29, 1.82) is 0 Å². The standard InChI is InChI=1S/C25H32N6O4/c1-15(26-4)22(32)30-18-10-13-35-19-14-25(2,3)20(31(19)24(18)34)23(33)29-17-9-6-5-8-16(17)21-27-11-7-12-28-21/h5-9,11-12,15,18-20,26H,10,13-14H2,1-4H3,(H,29,33)(H,30,32)/t15?,18-,19?,20+/m0/s1. The minimum atomic E-state index is -0.788. The highest BCUT2D eigenvalue weighted by Gasteiger charge is 2.55. The Labute approximate surface area is 204 Å². The topological polar surface area (TPSA) is 126 Å². The van der Waals surface area contributed by atoms with E-state index in [1.54, 1.807) is 38.5 Å². The lowest BCUT2D eigenvalue weighted by Crippen LogP contribution is -2.57. The number of aromatic nitrogens is 2. The molecule has 2 aliphatic heterocycles. The van der Waals surface area contributed by atoms with Crippen LogP contribution in [0.25, 0.3) is 11.4 Å². The fourth-order valence-corrected chi connectivity index (χ4v) is 4.71. The molecule has 2 saturated heterocycles. The van der Waals surface area contributed by atoms with Gasteiger partial charge in [-0.3, -0.25) is 14.4 Å². The molecule has 2 aliphatic rings. The van der Waals surface area contributed by atoms with Crippen LogP contribution in [0.4, 0.5) is 5.69 Å². The number of rotatable bonds is 6. The van der Waals surface area contributed by atoms with Crippen molar-refractivity contribution < 1.29 is 19.1 Å². The lowest BCUT2D eigenvalue weighted by Gasteiger charge is -2.33. The summed E-state index contributed by atoms with van der Waals surface area (Å²) in [5, 5.41) is 8.69. The number of fused-ring (bicyclic) bond motifs is 1. The second-order valence-electron chi connectivity index (χ2n) is 9.63. The number of anilines is 1. The van der Waals surface area contributed by atoms with Crippen molar-refractivity contribution >= 4 is 23.4 Å². The quantitative estimate of drug-likeness (QED) is 0.573. The molecule has 0 spiro atoms. The van der Waals surface area contributed by atoms with Crippen LogP contribution < -0.4 is 16.0 Å². The van der Waals surface area contributed by atoms with Gasteiger partial charge in [-0.2, -0.15) is 0 Å². The van der Waals surface area contributed by atoms with Crippen molar-refractivity contribution in [2.24, 2.45) is 5.41 Å². The lowest BCUT2D eigenvalue weighted by molar-refractivity contribution is -0.148. The average molecular weight is 481 g/mol. The van der Waals surface area contributed by atoms with E-state index in [0.717, 1.165) is 0 Å². The Morgan fingerprint density at radius 2 is 1.89 bits per heavy atom. The highest BCUT2D eigenvalue weighted by Crippen LogP contribution is 2.43. The van der Waals surface area contributed by atoms with Crippen LogP contribution in [-0.4, -0.2) is 70.6 Å². The molecular formula is C25H32N6O4. The average Bonchev–Trinajstić information content (AvgIpc) is 3.04. The van der Waals surface area contributed by atoms with Crippen LogP contribution in [0.3, 0.4) is 0 Å². The van der Waals surface area contributed by atoms with Gasteiger partial charge in [0.1, 0.15) is 18.3 Å². The van der Waals surface area contributed by atoms with Gasteiger partial charge in [-0.15, -0.1) is 0 Å². The zero-order chi connectivity index (χ0) is 25.2. The molecule has 2 fully saturated rings. The van der Waals surface area contributed by atoms with E-state index >= 15 is 0 Å². The number of hydrogen-bond donors (Lipinski definition) is 3. The van der Waals surface area contributed by atoms with Gasteiger partial charge in [0.05, 0.1) is 18.3 Å². The van der Waals surface area contributed by atoms with Crippen LogP contribution in [-0.2, 0) is 19.1 Å². The van der Waals surface area contributed by atoms with Gasteiger partial charge in [-0.05, 0) is 44.0 Å². The van der Waals surface area contributed by atoms with Crippen molar-refractivity contribution in [3.8, 4) is 11.4 Å². The Morgan fingerprint density at radius 3 is 2.60 bits per heavy atom. The number of nitrogens with one attached hydrogen (secondary N) is 3. The lowest BCUT2D eigenvalue weighted by atomic mass is 9.83. The van der Waals surface area contributed by atoms with Gasteiger partial charge in [0.2, 0.25) is 17.7 Å². The third-order valence-electron chi connectivity index (χ3n) is 6.68. The van der Waals surface area contributed by atoms with Gasteiger partial charge in [0, 0.05) is 24.4 Å². The van der Waals surface area contributed by atoms with E-state index in [0.29, 0.717) is 36.5 Å². The predicted octanol–water partition coefficient (Wildman–Crippen LogP) is 1.55. The minimum absolute atomic E-state index is 0.277. The third kappa shape index (κ3) is 5.03. The van der Waals surface area contributed by atoms with Crippen molar-refractivity contribution in [3.63, 3.8) is 0 Å². The molecule has 1 aromatic heterocycles. The Balaban J connectivity index is 1.61. The van der Waals surface area contributed by atoms with E-state index < -0.39 is 29.8 Å². The van der Waals surface area contributed by atoms with Gasteiger partial charge in [-0.25, -0.2) is 9.97 Å². The monoisotopic (exact) mass is 480 g/mol. The Kier molecular flexibility index (Phi) is 7.13. The van der Waals surface area contributed by atoms with Gasteiger partial charge in [-0.1, -0.05) is 26.0 Å². The molecule has 1 aromatic carbocycles. The number of carbonyl (C=O) groups is 3. The van der Waals surface area contributed by atoms with E-state index in [4.69, 9.17) is 4.74 Å². The Bertz CT molecular complexity index is 1090. The van der Waals surface area contributed by atoms with E-state index in [9.17, 15) is 14.4 Å². The van der Waals surface area contributed by atoms with Crippen LogP contribution in [0.5, 0.6) is 0 Å². The van der Waals surface area contributed by atoms with Crippen molar-refractivity contribution in [1.82, 2.24) is 25.5 Å². The maximum absolute atomic E-state index is 13.7. The summed E-state index contributed by atoms with van der Waals surface area (Å²) in [6.07, 6.45) is 3.60. The number of ether oxygens (including phenoxy) is 1. The Morgan fingerprint density at radius 1 is 1.17 bits per heavy atom. The van der Waals surface area contributed by atoms with E-state index in [1.807, 2.05) is 32.0 Å². The highest BCUT2D eigenvalue weighted by molar-refractivity contribution is 6.01. The molecule has 0 saturated carbocycles. The summed E-state index contributed by atoms with van der Waals surface area (Å²) in [6.45, 7) is 5.93. The van der Waals surface area contributed by atoms with Crippen molar-refractivity contribution in [2.45, 2.75) is 58.0 Å². The first-order valence-electron chi connectivity index (χ1n) is 11.8. The van der Waals surface area contributed by atoms with Gasteiger partial charge in [0.15, 0.2) is 5.82 Å². The first kappa shape index (κ1) is 24.7. The molecule has 3 amide bonds. The number of para-hydroxylation sites is 1. The summed E-state index contributed by atoms with van der Waals surface area (Å²) in [6, 6.07) is 7.01. The van der Waals surface area contributed by atoms with Gasteiger partial charge in [0.25, 0.3) is 0 Å². The molecule has 3 N–H and O–H groups in total. The molecule has 186 valence electrons. The fourth-order valence-electron chi connectivity index (χ4n) is 4.71. The van der Waals surface area contributed by atoms with Crippen molar-refractivity contribution in [2.75, 3.05) is 19.0 Å². The number of amides is 3. The normalized spacial score (nSPS) is 24.3. The predicted molar refractivity (Wildman–Crippen MR) is 130 cm³/mol. The molecule has 2 unspecified atom stereocenters. The number of nitrogens with zero attached hydrogens (tertiary/aromatic N) is 3. The molecule has 10 nitrogen and oxygen atoms in total. The van der Waals surface area contributed by atoms with Crippen LogP contribution in [0.1, 0.15) is 33.6 Å². The summed E-state index contributed by atoms with van der Waals surface area (Å²) in [7, 11) is 1.68. The zero-order valence-corrected chi connectivity index (χ0v) is 20.4. The Hall–Kier alpha value is -3.37. The number of carbonyl (C=O) groups excluding carboxylic acids is 3. The molecule has 4 rings (SSSR count). The summed E-state index contributed by atoms with van der Waals surface area (Å²) in [4.78, 5) is 49.9. The van der Waals surface area contributed by atoms with Crippen LogP contribution in [0.15, 0.2) is 42.7 Å². The van der Waals surface area contributed by atoms with E-state index in [2.05, 4.69) is 25.9 Å². The largest absolute Gasteiger partial charge is 0.358 e. The molecule has 2 aromatic rings. The fraction of sp³-hybridized carbons (Fsp3) is 0.480. The smallest absolute Gasteiger partial charge is 0.247 e. The second kappa shape index (κ2) is 10.1. The molecule has 0 aliphatic carbocycles. The zero-order valence-electron chi connectivity index (χ0n) is 20.4. The summed E-state index contributed by atoms with van der Waals surface area (Å²) in [5.74, 6) is -0.425. The molecule has 4 atom stereocenters. The minimum Gasteiger partial charge on any atom is -0.358 e. The van der Waals surface area contributed by atoms with E-state index in [-0.39, 0.29) is 17.7 Å². The highest BCUT2D eigenvalue weighted by atomic mass is 16.5. The SMILES string of the molecule is CNC(C)C(=O)N[C@H]1CCOC2CC(C)(C)[C@@H](C(=O)Nc3ccccc3-c3ncccn3)N2C1=O. The molecule has 35 heavy (non-hydrogen) atoms. The van der Waals surface area contributed by atoms with Crippen LogP contribution >= 0.6 is 0 Å². The number of hydrogen-bond acceptors (Lipinski definition) is 7. The number of likely N-dealkylation sites (N-methyl/N-ethyl adjacent to an activating group) is 1. The van der Waals surface area contributed by atoms with Gasteiger partial charge < -0.3 is 25.6 Å². The summed E-state index contributed by atoms with van der Waals surface area (Å²) in [5.41, 5.74) is 0.685. The van der Waals surface area contributed by atoms with E-state index in [1.165, 1.54) is 4.90 Å². The maximum Gasteiger partial charge on any atom is 0.247 e. The van der Waals surface area contributed by atoms with Crippen LogP contribution in [0, 0.1) is 5.41 Å². The number of benzene rings is 1. The molecule has 10 heteroatoms. The molecule has 0 radical (unpaired) electrons. The molecule has 0 bridgehead atoms. The second-order valence-corrected chi connectivity index (χ2v) is 9.63. The molecule has 3 heterocycles. The van der Waals surface area contributed by atoms with Gasteiger partial charge >= 0.3 is 0 Å². The first-order chi connectivity index (χ1) is 16.7. The van der Waals surface area contributed by atoms with Crippen molar-refractivity contribution in [3.05, 3.63) is 42.7 Å². The third-order valence-corrected chi connectivity index (χ3v) is 6.68. The summed E-state index contributed by atoms with van der Waals surface area (Å²) < 4.78 is 5.99. The molecular weight excluding hydrogens is 448 g/mol.